The van der Waals surface area contributed by atoms with Gasteiger partial charge in [-0.05, 0) is 36.4 Å². The summed E-state index contributed by atoms with van der Waals surface area (Å²) in [6.45, 7) is -0.302. The summed E-state index contributed by atoms with van der Waals surface area (Å²) in [6.07, 6.45) is 0. The second-order valence-electron chi connectivity index (χ2n) is 4.67. The van der Waals surface area contributed by atoms with Crippen molar-refractivity contribution in [1.82, 2.24) is 4.57 Å². The van der Waals surface area contributed by atoms with Gasteiger partial charge in [-0.15, -0.1) is 0 Å². The number of carbonyl (C=O) groups excluding carboxylic acids is 1. The van der Waals surface area contributed by atoms with Gasteiger partial charge >= 0.3 is 5.76 Å². The number of ether oxygens (including phenoxy) is 2. The van der Waals surface area contributed by atoms with Crippen molar-refractivity contribution in [1.29, 1.82) is 0 Å². The molecule has 7 heteroatoms. The number of halogens is 1. The Morgan fingerprint density at radius 2 is 1.87 bits per heavy atom. The van der Waals surface area contributed by atoms with Crippen LogP contribution in [0.25, 0.3) is 11.1 Å². The van der Waals surface area contributed by atoms with Crippen molar-refractivity contribution >= 4 is 28.6 Å². The van der Waals surface area contributed by atoms with Crippen LogP contribution in [0.2, 0.25) is 5.02 Å². The number of benzene rings is 2. The van der Waals surface area contributed by atoms with Crippen molar-refractivity contribution in [2.24, 2.45) is 0 Å². The Hall–Kier alpha value is -2.73. The van der Waals surface area contributed by atoms with Gasteiger partial charge in [0, 0.05) is 11.1 Å². The van der Waals surface area contributed by atoms with E-state index in [2.05, 4.69) is 0 Å². The summed E-state index contributed by atoms with van der Waals surface area (Å²) in [5.41, 5.74) is 0.600. The molecule has 0 radical (unpaired) electrons. The van der Waals surface area contributed by atoms with Crippen LogP contribution in [0.4, 0.5) is 0 Å². The highest BCUT2D eigenvalue weighted by molar-refractivity contribution is 6.31. The summed E-state index contributed by atoms with van der Waals surface area (Å²) < 4.78 is 16.4. The number of oxazole rings is 1. The number of nitrogens with zero attached hydrogens (tertiary/aromatic N) is 1. The van der Waals surface area contributed by atoms with Crippen molar-refractivity contribution in [3.05, 3.63) is 58.0 Å². The van der Waals surface area contributed by atoms with Crippen molar-refractivity contribution in [2.75, 3.05) is 13.7 Å². The normalized spacial score (nSPS) is 10.7. The van der Waals surface area contributed by atoms with Crippen molar-refractivity contribution < 1.29 is 18.7 Å². The van der Waals surface area contributed by atoms with Crippen LogP contribution < -0.4 is 15.2 Å². The minimum absolute atomic E-state index is 0.250. The highest BCUT2D eigenvalue weighted by atomic mass is 35.5. The van der Waals surface area contributed by atoms with Gasteiger partial charge in [0.1, 0.15) is 11.5 Å². The third-order valence-corrected chi connectivity index (χ3v) is 3.45. The molecule has 0 atom stereocenters. The van der Waals surface area contributed by atoms with Crippen molar-refractivity contribution in [2.45, 2.75) is 0 Å². The van der Waals surface area contributed by atoms with Gasteiger partial charge in [-0.25, -0.2) is 9.36 Å². The number of fused-ring (bicyclic) bond motifs is 1. The molecule has 3 rings (SSSR count). The Morgan fingerprint density at radius 3 is 2.57 bits per heavy atom. The Morgan fingerprint density at radius 1 is 1.17 bits per heavy atom. The first-order chi connectivity index (χ1) is 11.1. The number of aromatic nitrogens is 1. The van der Waals surface area contributed by atoms with Gasteiger partial charge < -0.3 is 13.9 Å². The lowest BCUT2D eigenvalue weighted by Crippen LogP contribution is -2.27. The van der Waals surface area contributed by atoms with E-state index >= 15 is 0 Å². The standard InChI is InChI=1S/C16H12ClNO5/c1-21-11-3-5-12(6-4-11)22-9-15(19)18-13-7-2-10(17)8-14(13)23-16(18)20/h2-8H,9H2,1H3. The molecule has 0 unspecified atom stereocenters. The van der Waals surface area contributed by atoms with Crippen LogP contribution >= 0.6 is 11.6 Å². The Balaban J connectivity index is 1.80. The van der Waals surface area contributed by atoms with Crippen LogP contribution in [0.15, 0.2) is 51.7 Å². The molecule has 0 aliphatic heterocycles. The summed E-state index contributed by atoms with van der Waals surface area (Å²) in [5, 5.41) is 0.417. The molecule has 118 valence electrons. The molecule has 0 saturated carbocycles. The van der Waals surface area contributed by atoms with Crippen LogP contribution in [0.3, 0.4) is 0 Å². The van der Waals surface area contributed by atoms with Crippen LogP contribution in [0.1, 0.15) is 4.79 Å². The summed E-state index contributed by atoms with van der Waals surface area (Å²) >= 11 is 5.83. The minimum atomic E-state index is -0.773. The Labute approximate surface area is 135 Å². The molecule has 1 aromatic heterocycles. The maximum atomic E-state index is 12.2. The quantitative estimate of drug-likeness (QED) is 0.734. The molecular weight excluding hydrogens is 322 g/mol. The van der Waals surface area contributed by atoms with E-state index in [4.69, 9.17) is 25.5 Å². The van der Waals surface area contributed by atoms with E-state index in [1.54, 1.807) is 43.5 Å². The van der Waals surface area contributed by atoms with Crippen LogP contribution in [-0.4, -0.2) is 24.2 Å². The first-order valence-electron chi connectivity index (χ1n) is 6.69. The maximum Gasteiger partial charge on any atom is 0.426 e. The predicted molar refractivity (Wildman–Crippen MR) is 84.6 cm³/mol. The lowest BCUT2D eigenvalue weighted by molar-refractivity contribution is 0.0834. The second-order valence-corrected chi connectivity index (χ2v) is 5.11. The molecule has 2 aromatic carbocycles. The topological polar surface area (TPSA) is 70.7 Å². The molecule has 23 heavy (non-hydrogen) atoms. The third-order valence-electron chi connectivity index (χ3n) is 3.21. The second kappa shape index (κ2) is 6.18. The molecule has 1 heterocycles. The SMILES string of the molecule is COc1ccc(OCC(=O)n2c(=O)oc3cc(Cl)ccc32)cc1. The van der Waals surface area contributed by atoms with Gasteiger partial charge in [-0.3, -0.25) is 4.79 Å². The average Bonchev–Trinajstić information content (AvgIpc) is 2.88. The number of hydrogen-bond acceptors (Lipinski definition) is 5. The van der Waals surface area contributed by atoms with Gasteiger partial charge in [0.15, 0.2) is 12.2 Å². The van der Waals surface area contributed by atoms with Gasteiger partial charge in [-0.2, -0.15) is 0 Å². The largest absolute Gasteiger partial charge is 0.497 e. The van der Waals surface area contributed by atoms with Gasteiger partial charge in [-0.1, -0.05) is 11.6 Å². The molecular formula is C16H12ClNO5. The lowest BCUT2D eigenvalue weighted by Gasteiger charge is -2.06. The molecule has 6 nitrogen and oxygen atoms in total. The Bertz CT molecular complexity index is 910. The zero-order valence-corrected chi connectivity index (χ0v) is 12.9. The first-order valence-corrected chi connectivity index (χ1v) is 7.07. The summed E-state index contributed by atoms with van der Waals surface area (Å²) in [7, 11) is 1.56. The Kier molecular flexibility index (Phi) is 4.08. The zero-order chi connectivity index (χ0) is 16.4. The van der Waals surface area contributed by atoms with E-state index in [0.717, 1.165) is 4.57 Å². The number of carbonyl (C=O) groups is 1. The highest BCUT2D eigenvalue weighted by Crippen LogP contribution is 2.19. The van der Waals surface area contributed by atoms with Gasteiger partial charge in [0.25, 0.3) is 5.91 Å². The molecule has 0 N–H and O–H groups in total. The summed E-state index contributed by atoms with van der Waals surface area (Å²) in [5.74, 6) is -0.141. The van der Waals surface area contributed by atoms with Crippen LogP contribution in [0, 0.1) is 0 Å². The third kappa shape index (κ3) is 3.07. The minimum Gasteiger partial charge on any atom is -0.497 e. The average molecular weight is 334 g/mol. The summed E-state index contributed by atoms with van der Waals surface area (Å²) in [6, 6.07) is 11.4. The number of methoxy groups -OCH3 is 1. The lowest BCUT2D eigenvalue weighted by atomic mass is 10.3. The number of hydrogen-bond donors (Lipinski definition) is 0. The van der Waals surface area contributed by atoms with Crippen LogP contribution in [0.5, 0.6) is 11.5 Å². The van der Waals surface area contributed by atoms with E-state index in [1.807, 2.05) is 0 Å². The fraction of sp³-hybridized carbons (Fsp3) is 0.125. The fourth-order valence-electron chi connectivity index (χ4n) is 2.11. The predicted octanol–water partition coefficient (Wildman–Crippen LogP) is 2.98. The molecule has 0 bridgehead atoms. The van der Waals surface area contributed by atoms with Gasteiger partial charge in [0.05, 0.1) is 12.6 Å². The van der Waals surface area contributed by atoms with Crippen LogP contribution in [-0.2, 0) is 0 Å². The molecule has 0 amide bonds. The monoisotopic (exact) mass is 333 g/mol. The molecule has 0 spiro atoms. The van der Waals surface area contributed by atoms with E-state index in [0.29, 0.717) is 22.0 Å². The molecule has 3 aromatic rings. The smallest absolute Gasteiger partial charge is 0.426 e. The van der Waals surface area contributed by atoms with E-state index in [9.17, 15) is 9.59 Å². The molecule has 0 fully saturated rings. The fourth-order valence-corrected chi connectivity index (χ4v) is 2.27. The van der Waals surface area contributed by atoms with Crippen molar-refractivity contribution in [3.8, 4) is 11.5 Å². The summed E-state index contributed by atoms with van der Waals surface area (Å²) in [4.78, 5) is 24.1. The van der Waals surface area contributed by atoms with E-state index in [1.165, 1.54) is 6.07 Å². The van der Waals surface area contributed by atoms with E-state index in [-0.39, 0.29) is 12.2 Å². The molecule has 0 saturated heterocycles. The molecule has 0 aliphatic carbocycles. The molecule has 0 aliphatic rings. The first kappa shape index (κ1) is 15.2. The van der Waals surface area contributed by atoms with Gasteiger partial charge in [0.2, 0.25) is 0 Å². The van der Waals surface area contributed by atoms with Crippen molar-refractivity contribution in [3.63, 3.8) is 0 Å². The number of rotatable bonds is 4. The zero-order valence-electron chi connectivity index (χ0n) is 12.1. The highest BCUT2D eigenvalue weighted by Gasteiger charge is 2.16. The van der Waals surface area contributed by atoms with E-state index < -0.39 is 11.7 Å². The maximum absolute atomic E-state index is 12.2.